The predicted molar refractivity (Wildman–Crippen MR) is 108 cm³/mol. The van der Waals surface area contributed by atoms with Gasteiger partial charge in [-0.25, -0.2) is 4.98 Å². The number of carbonyl (C=O) groups is 1. The van der Waals surface area contributed by atoms with E-state index in [1.165, 1.54) is 6.07 Å². The van der Waals surface area contributed by atoms with E-state index in [-0.39, 0.29) is 15.5 Å². The van der Waals surface area contributed by atoms with Crippen LogP contribution in [0.3, 0.4) is 0 Å². The number of thiophene rings is 1. The number of alkyl halides is 3. The summed E-state index contributed by atoms with van der Waals surface area (Å²) in [6, 6.07) is 11.2. The number of hydrogen-bond acceptors (Lipinski definition) is 5. The average molecular weight is 432 g/mol. The quantitative estimate of drug-likeness (QED) is 0.460. The summed E-state index contributed by atoms with van der Waals surface area (Å²) < 4.78 is 44.0. The minimum Gasteiger partial charge on any atom is -0.496 e. The van der Waals surface area contributed by atoms with Crippen LogP contribution in [0.1, 0.15) is 20.9 Å². The number of aromatic nitrogens is 3. The molecule has 0 atom stereocenters. The zero-order chi connectivity index (χ0) is 21.5. The van der Waals surface area contributed by atoms with Gasteiger partial charge >= 0.3 is 6.18 Å². The van der Waals surface area contributed by atoms with Gasteiger partial charge in [-0.15, -0.1) is 11.3 Å². The normalized spacial score (nSPS) is 11.6. The number of H-pyrrole nitrogens is 1. The molecule has 154 valence electrons. The SMILES string of the molecule is COc1ccccc1-c1cc(NC(=O)c2sc3nc(C(F)(F)F)ccc3c2C)n[nH]1. The van der Waals surface area contributed by atoms with Gasteiger partial charge in [0, 0.05) is 17.0 Å². The van der Waals surface area contributed by atoms with Crippen LogP contribution in [0.15, 0.2) is 42.5 Å². The fraction of sp³-hybridized carbons (Fsp3) is 0.150. The lowest BCUT2D eigenvalue weighted by molar-refractivity contribution is -0.140. The molecule has 1 amide bonds. The summed E-state index contributed by atoms with van der Waals surface area (Å²) in [6.07, 6.45) is -4.54. The summed E-state index contributed by atoms with van der Waals surface area (Å²) >= 11 is 0.910. The second-order valence-electron chi connectivity index (χ2n) is 6.42. The molecule has 3 heterocycles. The number of pyridine rings is 1. The molecule has 2 N–H and O–H groups in total. The Morgan fingerprint density at radius 3 is 2.70 bits per heavy atom. The zero-order valence-corrected chi connectivity index (χ0v) is 16.6. The first-order chi connectivity index (χ1) is 14.3. The maximum atomic E-state index is 12.9. The number of benzene rings is 1. The van der Waals surface area contributed by atoms with Crippen LogP contribution in [-0.2, 0) is 6.18 Å². The van der Waals surface area contributed by atoms with E-state index >= 15 is 0 Å². The standard InChI is InChI=1S/C20H15F3N4O2S/c1-10-11-7-8-15(20(21,22)23)24-19(11)30-17(10)18(28)25-16-9-13(26-27-16)12-5-3-4-6-14(12)29-2/h3-9H,1-2H3,(H2,25,26,27,28). The van der Waals surface area contributed by atoms with Crippen molar-refractivity contribution < 1.29 is 22.7 Å². The Balaban J connectivity index is 1.61. The number of para-hydroxylation sites is 1. The third-order valence-corrected chi connectivity index (χ3v) is 5.72. The van der Waals surface area contributed by atoms with Crippen LogP contribution < -0.4 is 10.1 Å². The largest absolute Gasteiger partial charge is 0.496 e. The maximum Gasteiger partial charge on any atom is 0.433 e. The summed E-state index contributed by atoms with van der Waals surface area (Å²) in [4.78, 5) is 16.8. The number of anilines is 1. The highest BCUT2D eigenvalue weighted by molar-refractivity contribution is 7.20. The second-order valence-corrected chi connectivity index (χ2v) is 7.42. The number of fused-ring (bicyclic) bond motifs is 1. The maximum absolute atomic E-state index is 12.9. The fourth-order valence-electron chi connectivity index (χ4n) is 3.04. The highest BCUT2D eigenvalue weighted by Gasteiger charge is 2.33. The number of nitrogens with zero attached hydrogens (tertiary/aromatic N) is 2. The molecule has 6 nitrogen and oxygen atoms in total. The van der Waals surface area contributed by atoms with Gasteiger partial charge in [-0.1, -0.05) is 12.1 Å². The van der Waals surface area contributed by atoms with E-state index in [9.17, 15) is 18.0 Å². The molecule has 0 saturated carbocycles. The van der Waals surface area contributed by atoms with Gasteiger partial charge in [0.05, 0.1) is 17.7 Å². The Hall–Kier alpha value is -3.40. The molecule has 0 aliphatic heterocycles. The van der Waals surface area contributed by atoms with Gasteiger partial charge in [-0.05, 0) is 36.8 Å². The topological polar surface area (TPSA) is 79.9 Å². The molecule has 0 radical (unpaired) electrons. The minimum atomic E-state index is -4.54. The van der Waals surface area contributed by atoms with Crippen LogP contribution in [0.4, 0.5) is 19.0 Å². The molecule has 3 aromatic heterocycles. The molecule has 1 aromatic carbocycles. The molecule has 4 rings (SSSR count). The van der Waals surface area contributed by atoms with Crippen LogP contribution >= 0.6 is 11.3 Å². The van der Waals surface area contributed by atoms with Crippen LogP contribution in [0.2, 0.25) is 0 Å². The third-order valence-electron chi connectivity index (χ3n) is 4.52. The predicted octanol–water partition coefficient (Wildman–Crippen LogP) is 5.27. The number of halogens is 3. The number of ether oxygens (including phenoxy) is 1. The van der Waals surface area contributed by atoms with Gasteiger partial charge in [-0.2, -0.15) is 18.3 Å². The molecule has 30 heavy (non-hydrogen) atoms. The second kappa shape index (κ2) is 7.45. The average Bonchev–Trinajstić information content (AvgIpc) is 3.31. The number of aromatic amines is 1. The van der Waals surface area contributed by atoms with Crippen molar-refractivity contribution in [1.82, 2.24) is 15.2 Å². The number of aryl methyl sites for hydroxylation is 1. The highest BCUT2D eigenvalue weighted by Crippen LogP contribution is 2.35. The van der Waals surface area contributed by atoms with Crippen molar-refractivity contribution in [1.29, 1.82) is 0 Å². The molecule has 0 fully saturated rings. The molecule has 0 spiro atoms. The molecule has 0 bridgehead atoms. The third kappa shape index (κ3) is 3.61. The summed E-state index contributed by atoms with van der Waals surface area (Å²) in [5, 5.41) is 10.1. The molecule has 0 aliphatic rings. The van der Waals surface area contributed by atoms with E-state index in [1.54, 1.807) is 26.2 Å². The summed E-state index contributed by atoms with van der Waals surface area (Å²) in [6.45, 7) is 1.67. The van der Waals surface area contributed by atoms with Gasteiger partial charge in [0.2, 0.25) is 0 Å². The summed E-state index contributed by atoms with van der Waals surface area (Å²) in [5.41, 5.74) is 0.994. The molecule has 10 heteroatoms. The number of rotatable bonds is 4. The Bertz CT molecular complexity index is 1250. The van der Waals surface area contributed by atoms with Crippen LogP contribution in [0, 0.1) is 6.92 Å². The number of nitrogens with one attached hydrogen (secondary N) is 2. The summed E-state index contributed by atoms with van der Waals surface area (Å²) in [5.74, 6) is 0.453. The van der Waals surface area contributed by atoms with Crippen molar-refractivity contribution in [2.75, 3.05) is 12.4 Å². The van der Waals surface area contributed by atoms with Crippen LogP contribution in [-0.4, -0.2) is 28.2 Å². The molecule has 0 unspecified atom stereocenters. The monoisotopic (exact) mass is 432 g/mol. The first-order valence-electron chi connectivity index (χ1n) is 8.75. The molecule has 4 aromatic rings. The van der Waals surface area contributed by atoms with E-state index in [1.807, 2.05) is 18.2 Å². The van der Waals surface area contributed by atoms with Gasteiger partial charge in [0.25, 0.3) is 5.91 Å². The highest BCUT2D eigenvalue weighted by atomic mass is 32.1. The lowest BCUT2D eigenvalue weighted by Crippen LogP contribution is -2.11. The number of methoxy groups -OCH3 is 1. The van der Waals surface area contributed by atoms with Crippen molar-refractivity contribution in [2.24, 2.45) is 0 Å². The first-order valence-corrected chi connectivity index (χ1v) is 9.57. The Kier molecular flexibility index (Phi) is 4.94. The smallest absolute Gasteiger partial charge is 0.433 e. The van der Waals surface area contributed by atoms with Crippen molar-refractivity contribution in [3.05, 3.63) is 58.6 Å². The van der Waals surface area contributed by atoms with E-state index in [0.717, 1.165) is 23.0 Å². The van der Waals surface area contributed by atoms with Crippen LogP contribution in [0.25, 0.3) is 21.5 Å². The van der Waals surface area contributed by atoms with Gasteiger partial charge in [-0.3, -0.25) is 9.89 Å². The lowest BCUT2D eigenvalue weighted by Gasteiger charge is -2.05. The van der Waals surface area contributed by atoms with Crippen molar-refractivity contribution >= 4 is 33.3 Å². The molecule has 0 aliphatic carbocycles. The van der Waals surface area contributed by atoms with E-state index < -0.39 is 17.8 Å². The van der Waals surface area contributed by atoms with Gasteiger partial charge in [0.15, 0.2) is 5.82 Å². The van der Waals surface area contributed by atoms with E-state index in [2.05, 4.69) is 20.5 Å². The fourth-order valence-corrected chi connectivity index (χ4v) is 4.11. The Morgan fingerprint density at radius 2 is 1.97 bits per heavy atom. The van der Waals surface area contributed by atoms with E-state index in [4.69, 9.17) is 4.74 Å². The Labute approximate surface area is 172 Å². The van der Waals surface area contributed by atoms with Gasteiger partial charge in [0.1, 0.15) is 16.3 Å². The number of carbonyl (C=O) groups excluding carboxylic acids is 1. The summed E-state index contributed by atoms with van der Waals surface area (Å²) in [7, 11) is 1.56. The first kappa shape index (κ1) is 19.9. The van der Waals surface area contributed by atoms with Crippen molar-refractivity contribution in [2.45, 2.75) is 13.1 Å². The van der Waals surface area contributed by atoms with Crippen molar-refractivity contribution in [3.63, 3.8) is 0 Å². The number of amides is 1. The zero-order valence-electron chi connectivity index (χ0n) is 15.8. The minimum absolute atomic E-state index is 0.157. The molecule has 0 saturated heterocycles. The lowest BCUT2D eigenvalue weighted by atomic mass is 10.1. The molecular weight excluding hydrogens is 417 g/mol. The number of hydrogen-bond donors (Lipinski definition) is 2. The van der Waals surface area contributed by atoms with E-state index in [0.29, 0.717) is 22.4 Å². The molecular formula is C20H15F3N4O2S. The Morgan fingerprint density at radius 1 is 1.20 bits per heavy atom. The van der Waals surface area contributed by atoms with Crippen LogP contribution in [0.5, 0.6) is 5.75 Å². The van der Waals surface area contributed by atoms with Crippen molar-refractivity contribution in [3.8, 4) is 17.0 Å². The van der Waals surface area contributed by atoms with Gasteiger partial charge < -0.3 is 10.1 Å².